The highest BCUT2D eigenvalue weighted by atomic mass is 35.5. The second kappa shape index (κ2) is 6.08. The first-order chi connectivity index (χ1) is 9.79. The fraction of sp³-hybridized carbons (Fsp3) is 0.125. The first kappa shape index (κ1) is 13.8. The second-order valence-electron chi connectivity index (χ2n) is 4.39. The number of halogens is 1. The molecule has 0 bridgehead atoms. The molecular weight excluding hydrogens is 306 g/mol. The SMILES string of the molecule is CSc1ccccc1NCc1sc2ccccc2c1Cl. The molecule has 0 spiro atoms. The van der Waals surface area contributed by atoms with Gasteiger partial charge in [0, 0.05) is 25.5 Å². The van der Waals surface area contributed by atoms with Crippen molar-refractivity contribution in [2.75, 3.05) is 11.6 Å². The third kappa shape index (κ3) is 2.66. The maximum absolute atomic E-state index is 6.46. The molecule has 0 saturated carbocycles. The van der Waals surface area contributed by atoms with Crippen LogP contribution >= 0.6 is 34.7 Å². The van der Waals surface area contributed by atoms with Crippen LogP contribution in [0.2, 0.25) is 5.02 Å². The van der Waals surface area contributed by atoms with Crippen LogP contribution in [0.5, 0.6) is 0 Å². The monoisotopic (exact) mass is 319 g/mol. The Hall–Kier alpha value is -1.16. The number of anilines is 1. The molecule has 0 aliphatic carbocycles. The highest BCUT2D eigenvalue weighted by Gasteiger charge is 2.10. The van der Waals surface area contributed by atoms with Gasteiger partial charge in [0.2, 0.25) is 0 Å². The summed E-state index contributed by atoms with van der Waals surface area (Å²) in [6.45, 7) is 0.760. The summed E-state index contributed by atoms with van der Waals surface area (Å²) in [6, 6.07) is 16.6. The van der Waals surface area contributed by atoms with Crippen LogP contribution in [-0.2, 0) is 6.54 Å². The number of fused-ring (bicyclic) bond motifs is 1. The van der Waals surface area contributed by atoms with E-state index in [1.54, 1.807) is 23.1 Å². The van der Waals surface area contributed by atoms with Crippen LogP contribution in [0.1, 0.15) is 4.88 Å². The minimum atomic E-state index is 0.760. The highest BCUT2D eigenvalue weighted by Crippen LogP contribution is 2.36. The normalized spacial score (nSPS) is 10.9. The van der Waals surface area contributed by atoms with E-state index in [4.69, 9.17) is 11.6 Å². The molecule has 0 aliphatic heterocycles. The molecule has 0 atom stereocenters. The van der Waals surface area contributed by atoms with E-state index in [1.165, 1.54) is 14.5 Å². The molecule has 1 aromatic heterocycles. The van der Waals surface area contributed by atoms with E-state index in [0.29, 0.717) is 0 Å². The van der Waals surface area contributed by atoms with E-state index in [9.17, 15) is 0 Å². The maximum atomic E-state index is 6.46. The van der Waals surface area contributed by atoms with Gasteiger partial charge in [-0.1, -0.05) is 41.9 Å². The van der Waals surface area contributed by atoms with E-state index < -0.39 is 0 Å². The molecule has 4 heteroatoms. The number of thioether (sulfide) groups is 1. The molecule has 20 heavy (non-hydrogen) atoms. The third-order valence-corrected chi connectivity index (χ3v) is 5.66. The zero-order valence-corrected chi connectivity index (χ0v) is 13.4. The van der Waals surface area contributed by atoms with Crippen LogP contribution in [0.3, 0.4) is 0 Å². The van der Waals surface area contributed by atoms with Gasteiger partial charge in [-0.15, -0.1) is 23.1 Å². The molecule has 0 unspecified atom stereocenters. The predicted octanol–water partition coefficient (Wildman–Crippen LogP) is 5.89. The summed E-state index contributed by atoms with van der Waals surface area (Å²) >= 11 is 9.97. The van der Waals surface area contributed by atoms with Crippen LogP contribution in [0.25, 0.3) is 10.1 Å². The number of nitrogens with one attached hydrogen (secondary N) is 1. The summed E-state index contributed by atoms with van der Waals surface area (Å²) in [4.78, 5) is 2.44. The van der Waals surface area contributed by atoms with Gasteiger partial charge in [-0.3, -0.25) is 0 Å². The molecule has 1 nitrogen and oxygen atoms in total. The molecule has 3 rings (SSSR count). The van der Waals surface area contributed by atoms with Crippen LogP contribution < -0.4 is 5.32 Å². The largest absolute Gasteiger partial charge is 0.379 e. The number of rotatable bonds is 4. The minimum Gasteiger partial charge on any atom is -0.379 e. The van der Waals surface area contributed by atoms with Crippen LogP contribution in [-0.4, -0.2) is 6.26 Å². The van der Waals surface area contributed by atoms with E-state index in [-0.39, 0.29) is 0 Å². The van der Waals surface area contributed by atoms with Gasteiger partial charge in [-0.25, -0.2) is 0 Å². The first-order valence-electron chi connectivity index (χ1n) is 6.32. The molecule has 0 fully saturated rings. The second-order valence-corrected chi connectivity index (χ2v) is 6.75. The van der Waals surface area contributed by atoms with Crippen molar-refractivity contribution < 1.29 is 0 Å². The number of hydrogen-bond acceptors (Lipinski definition) is 3. The minimum absolute atomic E-state index is 0.760. The number of benzene rings is 2. The number of hydrogen-bond donors (Lipinski definition) is 1. The van der Waals surface area contributed by atoms with Crippen molar-refractivity contribution in [3.05, 3.63) is 58.4 Å². The average molecular weight is 320 g/mol. The van der Waals surface area contributed by atoms with Gasteiger partial charge in [0.1, 0.15) is 0 Å². The molecule has 2 aromatic carbocycles. The van der Waals surface area contributed by atoms with Crippen LogP contribution in [0.4, 0.5) is 5.69 Å². The van der Waals surface area contributed by atoms with Crippen molar-refractivity contribution >= 4 is 50.5 Å². The Balaban J connectivity index is 1.85. The lowest BCUT2D eigenvalue weighted by Gasteiger charge is -2.09. The maximum Gasteiger partial charge on any atom is 0.0642 e. The first-order valence-corrected chi connectivity index (χ1v) is 8.74. The number of thiophene rings is 1. The lowest BCUT2D eigenvalue weighted by atomic mass is 10.2. The fourth-order valence-corrected chi connectivity index (χ4v) is 4.16. The Morgan fingerprint density at radius 3 is 2.65 bits per heavy atom. The molecule has 1 N–H and O–H groups in total. The predicted molar refractivity (Wildman–Crippen MR) is 92.4 cm³/mol. The Labute approximate surface area is 132 Å². The van der Waals surface area contributed by atoms with Crippen molar-refractivity contribution in [3.8, 4) is 0 Å². The van der Waals surface area contributed by atoms with E-state index in [1.807, 2.05) is 6.07 Å². The third-order valence-electron chi connectivity index (χ3n) is 3.15. The molecule has 0 amide bonds. The molecule has 1 heterocycles. The summed E-state index contributed by atoms with van der Waals surface area (Å²) in [6.07, 6.45) is 2.09. The molecule has 0 saturated heterocycles. The van der Waals surface area contributed by atoms with Gasteiger partial charge in [0.05, 0.1) is 11.6 Å². The quantitative estimate of drug-likeness (QED) is 0.602. The van der Waals surface area contributed by atoms with Crippen LogP contribution in [0.15, 0.2) is 53.4 Å². The van der Waals surface area contributed by atoms with Crippen molar-refractivity contribution in [1.29, 1.82) is 0 Å². The summed E-state index contributed by atoms with van der Waals surface area (Å²) in [5, 5.41) is 5.51. The lowest BCUT2D eigenvalue weighted by molar-refractivity contribution is 1.17. The van der Waals surface area contributed by atoms with Crippen molar-refractivity contribution in [3.63, 3.8) is 0 Å². The molecular formula is C16H14ClNS2. The Bertz CT molecular complexity index is 736. The van der Waals surface area contributed by atoms with Gasteiger partial charge >= 0.3 is 0 Å². The van der Waals surface area contributed by atoms with Crippen molar-refractivity contribution in [2.24, 2.45) is 0 Å². The smallest absolute Gasteiger partial charge is 0.0642 e. The average Bonchev–Trinajstić information content (AvgIpc) is 2.82. The van der Waals surface area contributed by atoms with Crippen LogP contribution in [0, 0.1) is 0 Å². The molecule has 0 radical (unpaired) electrons. The van der Waals surface area contributed by atoms with Gasteiger partial charge < -0.3 is 5.32 Å². The summed E-state index contributed by atoms with van der Waals surface area (Å²) < 4.78 is 1.24. The zero-order valence-electron chi connectivity index (χ0n) is 11.0. The van der Waals surface area contributed by atoms with E-state index in [2.05, 4.69) is 54.0 Å². The van der Waals surface area contributed by atoms with E-state index in [0.717, 1.165) is 22.6 Å². The fourth-order valence-electron chi connectivity index (χ4n) is 2.14. The topological polar surface area (TPSA) is 12.0 Å². The summed E-state index contributed by atoms with van der Waals surface area (Å²) in [7, 11) is 0. The van der Waals surface area contributed by atoms with Gasteiger partial charge in [0.25, 0.3) is 0 Å². The Kier molecular flexibility index (Phi) is 4.20. The van der Waals surface area contributed by atoms with E-state index >= 15 is 0 Å². The van der Waals surface area contributed by atoms with Gasteiger partial charge in [0.15, 0.2) is 0 Å². The van der Waals surface area contributed by atoms with Gasteiger partial charge in [-0.2, -0.15) is 0 Å². The van der Waals surface area contributed by atoms with Crippen molar-refractivity contribution in [2.45, 2.75) is 11.4 Å². The highest BCUT2D eigenvalue weighted by molar-refractivity contribution is 7.98. The number of para-hydroxylation sites is 1. The Morgan fingerprint density at radius 2 is 1.85 bits per heavy atom. The molecule has 3 aromatic rings. The summed E-state index contributed by atoms with van der Waals surface area (Å²) in [5.74, 6) is 0. The zero-order chi connectivity index (χ0) is 13.9. The molecule has 102 valence electrons. The molecule has 0 aliphatic rings. The summed E-state index contributed by atoms with van der Waals surface area (Å²) in [5.41, 5.74) is 1.16. The lowest BCUT2D eigenvalue weighted by Crippen LogP contribution is -1.98. The van der Waals surface area contributed by atoms with Gasteiger partial charge in [-0.05, 0) is 24.5 Å². The van der Waals surface area contributed by atoms with Crippen molar-refractivity contribution in [1.82, 2.24) is 0 Å². The Morgan fingerprint density at radius 1 is 1.10 bits per heavy atom. The standard InChI is InChI=1S/C16H14ClNS2/c1-19-14-9-5-3-7-12(14)18-10-15-16(17)11-6-2-4-8-13(11)20-15/h2-9,18H,10H2,1H3.